The minimum atomic E-state index is 0.896. The van der Waals surface area contributed by atoms with Gasteiger partial charge in [0.1, 0.15) is 11.1 Å². The molecule has 0 N–H and O–H groups in total. The van der Waals surface area contributed by atoms with Gasteiger partial charge in [-0.1, -0.05) is 84.9 Å². The Morgan fingerprint density at radius 1 is 0.439 bits per heavy atom. The molecular weight excluding hydrogens is 500 g/mol. The van der Waals surface area contributed by atoms with E-state index in [0.717, 1.165) is 44.3 Å². The summed E-state index contributed by atoms with van der Waals surface area (Å²) in [6.07, 6.45) is 0. The SMILES string of the molecule is c1ccc(-n2c3ccccc3c3c(-c4ccc5oc6c7ccccc7n(-c7ccccc7)c6c5c4)cccc32)cc1. The summed E-state index contributed by atoms with van der Waals surface area (Å²) in [5, 5.41) is 4.74. The zero-order valence-electron chi connectivity index (χ0n) is 22.2. The monoisotopic (exact) mass is 524 g/mol. The van der Waals surface area contributed by atoms with Crippen molar-refractivity contribution in [2.75, 3.05) is 0 Å². The molecule has 0 saturated heterocycles. The Kier molecular flexibility index (Phi) is 4.61. The van der Waals surface area contributed by atoms with E-state index in [2.05, 4.69) is 155 Å². The smallest absolute Gasteiger partial charge is 0.161 e. The molecule has 0 spiro atoms. The molecule has 0 aliphatic heterocycles. The quantitative estimate of drug-likeness (QED) is 0.225. The molecule has 3 nitrogen and oxygen atoms in total. The van der Waals surface area contributed by atoms with Gasteiger partial charge in [-0.15, -0.1) is 0 Å². The third kappa shape index (κ3) is 3.14. The van der Waals surface area contributed by atoms with Gasteiger partial charge in [0.15, 0.2) is 5.58 Å². The lowest BCUT2D eigenvalue weighted by Crippen LogP contribution is -1.93. The number of fused-ring (bicyclic) bond motifs is 8. The van der Waals surface area contributed by atoms with Crippen molar-refractivity contribution in [1.29, 1.82) is 0 Å². The van der Waals surface area contributed by atoms with Crippen molar-refractivity contribution in [1.82, 2.24) is 9.13 Å². The number of para-hydroxylation sites is 4. The van der Waals surface area contributed by atoms with Crippen LogP contribution in [0.4, 0.5) is 0 Å². The van der Waals surface area contributed by atoms with Gasteiger partial charge in [-0.25, -0.2) is 0 Å². The van der Waals surface area contributed by atoms with Crippen LogP contribution < -0.4 is 0 Å². The molecule has 0 atom stereocenters. The van der Waals surface area contributed by atoms with Crippen molar-refractivity contribution < 1.29 is 4.42 Å². The Labute approximate surface area is 236 Å². The lowest BCUT2D eigenvalue weighted by Gasteiger charge is -2.09. The molecule has 9 rings (SSSR count). The Morgan fingerprint density at radius 3 is 1.80 bits per heavy atom. The maximum Gasteiger partial charge on any atom is 0.161 e. The van der Waals surface area contributed by atoms with E-state index in [1.807, 2.05) is 0 Å². The van der Waals surface area contributed by atoms with Crippen molar-refractivity contribution in [3.8, 4) is 22.5 Å². The Hall–Kier alpha value is -5.54. The summed E-state index contributed by atoms with van der Waals surface area (Å²) < 4.78 is 11.3. The predicted molar refractivity (Wildman–Crippen MR) is 170 cm³/mol. The third-order valence-electron chi connectivity index (χ3n) is 8.31. The van der Waals surface area contributed by atoms with Crippen LogP contribution in [0.3, 0.4) is 0 Å². The van der Waals surface area contributed by atoms with Crippen LogP contribution in [0.5, 0.6) is 0 Å². The molecular formula is C38H24N2O. The molecule has 41 heavy (non-hydrogen) atoms. The zero-order chi connectivity index (χ0) is 26.9. The molecule has 0 unspecified atom stereocenters. The highest BCUT2D eigenvalue weighted by molar-refractivity contribution is 6.19. The number of aromatic nitrogens is 2. The molecule has 0 aliphatic rings. The first-order valence-electron chi connectivity index (χ1n) is 14.0. The van der Waals surface area contributed by atoms with Crippen LogP contribution in [0, 0.1) is 0 Å². The van der Waals surface area contributed by atoms with Crippen molar-refractivity contribution in [3.05, 3.63) is 146 Å². The fourth-order valence-corrected chi connectivity index (χ4v) is 6.60. The minimum absolute atomic E-state index is 0.896. The molecule has 3 aromatic heterocycles. The third-order valence-corrected chi connectivity index (χ3v) is 8.31. The first-order valence-corrected chi connectivity index (χ1v) is 14.0. The summed E-state index contributed by atoms with van der Waals surface area (Å²) in [6.45, 7) is 0. The summed E-state index contributed by atoms with van der Waals surface area (Å²) in [5.74, 6) is 0. The Bertz CT molecular complexity index is 2410. The molecule has 0 bridgehead atoms. The van der Waals surface area contributed by atoms with Crippen molar-refractivity contribution in [2.45, 2.75) is 0 Å². The van der Waals surface area contributed by atoms with Crippen LogP contribution in [0.25, 0.3) is 77.3 Å². The molecule has 0 amide bonds. The molecule has 0 radical (unpaired) electrons. The second kappa shape index (κ2) is 8.48. The van der Waals surface area contributed by atoms with Gasteiger partial charge in [-0.05, 0) is 71.8 Å². The molecule has 0 fully saturated rings. The van der Waals surface area contributed by atoms with E-state index < -0.39 is 0 Å². The van der Waals surface area contributed by atoms with E-state index in [1.165, 1.54) is 32.9 Å². The normalized spacial score (nSPS) is 11.9. The van der Waals surface area contributed by atoms with E-state index in [1.54, 1.807) is 0 Å². The number of benzene rings is 6. The van der Waals surface area contributed by atoms with Crippen LogP contribution in [0.2, 0.25) is 0 Å². The highest BCUT2D eigenvalue weighted by atomic mass is 16.3. The van der Waals surface area contributed by atoms with E-state index in [-0.39, 0.29) is 0 Å². The summed E-state index contributed by atoms with van der Waals surface area (Å²) >= 11 is 0. The topological polar surface area (TPSA) is 23.0 Å². The zero-order valence-corrected chi connectivity index (χ0v) is 22.2. The highest BCUT2D eigenvalue weighted by Gasteiger charge is 2.21. The van der Waals surface area contributed by atoms with Crippen molar-refractivity contribution >= 4 is 54.8 Å². The van der Waals surface area contributed by atoms with Gasteiger partial charge < -0.3 is 13.6 Å². The van der Waals surface area contributed by atoms with Crippen LogP contribution in [-0.4, -0.2) is 9.13 Å². The molecule has 0 saturated carbocycles. The predicted octanol–water partition coefficient (Wildman–Crippen LogP) is 10.3. The van der Waals surface area contributed by atoms with Gasteiger partial charge in [0.05, 0.1) is 16.6 Å². The summed E-state index contributed by atoms with van der Waals surface area (Å²) in [4.78, 5) is 0. The van der Waals surface area contributed by atoms with Gasteiger partial charge >= 0.3 is 0 Å². The van der Waals surface area contributed by atoms with E-state index >= 15 is 0 Å². The van der Waals surface area contributed by atoms with E-state index in [4.69, 9.17) is 4.42 Å². The fourth-order valence-electron chi connectivity index (χ4n) is 6.60. The average Bonchev–Trinajstić information content (AvgIpc) is 3.68. The van der Waals surface area contributed by atoms with Crippen molar-refractivity contribution in [3.63, 3.8) is 0 Å². The second-order valence-corrected chi connectivity index (χ2v) is 10.6. The maximum atomic E-state index is 6.55. The Morgan fingerprint density at radius 2 is 1.05 bits per heavy atom. The van der Waals surface area contributed by atoms with Gasteiger partial charge in [0, 0.05) is 32.9 Å². The molecule has 3 heterocycles. The number of nitrogens with zero attached hydrogens (tertiary/aromatic N) is 2. The van der Waals surface area contributed by atoms with Gasteiger partial charge in [-0.2, -0.15) is 0 Å². The minimum Gasteiger partial charge on any atom is -0.454 e. The highest BCUT2D eigenvalue weighted by Crippen LogP contribution is 2.42. The first kappa shape index (κ1) is 22.3. The maximum absolute atomic E-state index is 6.55. The largest absolute Gasteiger partial charge is 0.454 e. The lowest BCUT2D eigenvalue weighted by molar-refractivity contribution is 0.673. The first-order chi connectivity index (χ1) is 20.4. The van der Waals surface area contributed by atoms with Crippen LogP contribution in [0.15, 0.2) is 150 Å². The Balaban J connectivity index is 1.37. The van der Waals surface area contributed by atoms with Crippen LogP contribution in [0.1, 0.15) is 0 Å². The molecule has 6 aromatic carbocycles. The van der Waals surface area contributed by atoms with Gasteiger partial charge in [0.25, 0.3) is 0 Å². The second-order valence-electron chi connectivity index (χ2n) is 10.6. The standard InChI is InChI=1S/C38H24N2O/c1-3-12-26(13-4-1)39-32-19-9-7-16-29(32)36-28(18-11-21-34(36)39)25-22-23-35-31(24-25)37-38(41-35)30-17-8-10-20-33(30)40(37)27-14-5-2-6-15-27/h1-24H. The van der Waals surface area contributed by atoms with E-state index in [9.17, 15) is 0 Å². The number of rotatable bonds is 3. The summed E-state index contributed by atoms with van der Waals surface area (Å²) in [5.41, 5.74) is 11.2. The lowest BCUT2D eigenvalue weighted by atomic mass is 9.98. The van der Waals surface area contributed by atoms with Gasteiger partial charge in [0.2, 0.25) is 0 Å². The van der Waals surface area contributed by atoms with Crippen molar-refractivity contribution in [2.24, 2.45) is 0 Å². The fraction of sp³-hybridized carbons (Fsp3) is 0. The van der Waals surface area contributed by atoms with Gasteiger partial charge in [-0.3, -0.25) is 0 Å². The number of hydrogen-bond acceptors (Lipinski definition) is 1. The molecule has 3 heteroatoms. The number of furan rings is 1. The van der Waals surface area contributed by atoms with E-state index in [0.29, 0.717) is 0 Å². The summed E-state index contributed by atoms with van der Waals surface area (Å²) in [7, 11) is 0. The number of hydrogen-bond donors (Lipinski definition) is 0. The average molecular weight is 525 g/mol. The summed E-state index contributed by atoms with van der Waals surface area (Å²) in [6, 6.07) is 51.7. The van der Waals surface area contributed by atoms with Crippen LogP contribution >= 0.6 is 0 Å². The molecule has 192 valence electrons. The van der Waals surface area contributed by atoms with Crippen LogP contribution in [-0.2, 0) is 0 Å². The molecule has 9 aromatic rings. The molecule has 0 aliphatic carbocycles.